The van der Waals surface area contributed by atoms with Gasteiger partial charge in [-0.2, -0.15) is 0 Å². The molecule has 4 heteroatoms. The van der Waals surface area contributed by atoms with Crippen molar-refractivity contribution in [1.29, 1.82) is 0 Å². The van der Waals surface area contributed by atoms with Crippen molar-refractivity contribution in [1.82, 2.24) is 0 Å². The van der Waals surface area contributed by atoms with Crippen LogP contribution in [-0.2, 0) is 9.53 Å². The van der Waals surface area contributed by atoms with Crippen LogP contribution in [0.25, 0.3) is 0 Å². The maximum absolute atomic E-state index is 12.9. The number of hydrogen-bond donors (Lipinski definition) is 1. The molecule has 0 saturated heterocycles. The summed E-state index contributed by atoms with van der Waals surface area (Å²) in [6.07, 6.45) is -1.33. The lowest BCUT2D eigenvalue weighted by atomic mass is 10.0. The van der Waals surface area contributed by atoms with E-state index in [0.29, 0.717) is 0 Å². The van der Waals surface area contributed by atoms with E-state index in [9.17, 15) is 9.18 Å². The summed E-state index contributed by atoms with van der Waals surface area (Å²) >= 11 is 0. The van der Waals surface area contributed by atoms with E-state index in [-0.39, 0.29) is 5.92 Å². The van der Waals surface area contributed by atoms with Gasteiger partial charge in [0.1, 0.15) is 12.2 Å². The minimum atomic E-state index is -1.33. The first-order valence-corrected chi connectivity index (χ1v) is 3.48. The highest BCUT2D eigenvalue weighted by Crippen LogP contribution is 2.09. The smallest absolute Gasteiger partial charge is 0.325 e. The second-order valence-corrected chi connectivity index (χ2v) is 2.74. The Balaban J connectivity index is 4.01. The van der Waals surface area contributed by atoms with Gasteiger partial charge >= 0.3 is 5.97 Å². The minimum Gasteiger partial charge on any atom is -0.468 e. The fourth-order valence-electron chi connectivity index (χ4n) is 0.681. The number of methoxy groups -OCH3 is 1. The summed E-state index contributed by atoms with van der Waals surface area (Å²) in [6, 6.07) is -1.15. The van der Waals surface area contributed by atoms with Crippen LogP contribution in [0.2, 0.25) is 0 Å². The van der Waals surface area contributed by atoms with Crippen molar-refractivity contribution in [2.24, 2.45) is 11.7 Å². The normalized spacial score (nSPS) is 16.2. The molecule has 2 N–H and O–H groups in total. The monoisotopic (exact) mass is 163 g/mol. The van der Waals surface area contributed by atoms with Crippen LogP contribution in [0.4, 0.5) is 4.39 Å². The maximum atomic E-state index is 12.9. The van der Waals surface area contributed by atoms with Gasteiger partial charge in [-0.25, -0.2) is 4.39 Å². The molecule has 2 atom stereocenters. The number of rotatable bonds is 3. The molecule has 0 spiro atoms. The van der Waals surface area contributed by atoms with Gasteiger partial charge in [0.25, 0.3) is 0 Å². The number of hydrogen-bond acceptors (Lipinski definition) is 3. The second-order valence-electron chi connectivity index (χ2n) is 2.74. The van der Waals surface area contributed by atoms with E-state index in [4.69, 9.17) is 5.73 Å². The van der Waals surface area contributed by atoms with Crippen molar-refractivity contribution < 1.29 is 13.9 Å². The summed E-state index contributed by atoms with van der Waals surface area (Å²) in [6.45, 7) is 3.32. The van der Waals surface area contributed by atoms with Crippen LogP contribution in [0.1, 0.15) is 13.8 Å². The summed E-state index contributed by atoms with van der Waals surface area (Å²) < 4.78 is 17.2. The predicted octanol–water partition coefficient (Wildman–Crippen LogP) is 0.481. The molecule has 11 heavy (non-hydrogen) atoms. The zero-order valence-corrected chi connectivity index (χ0v) is 7.00. The first-order valence-electron chi connectivity index (χ1n) is 3.48. The molecule has 0 radical (unpaired) electrons. The molecule has 0 bridgehead atoms. The van der Waals surface area contributed by atoms with Gasteiger partial charge in [0.05, 0.1) is 7.11 Å². The van der Waals surface area contributed by atoms with Gasteiger partial charge in [0.15, 0.2) is 0 Å². The fourth-order valence-corrected chi connectivity index (χ4v) is 0.681. The third kappa shape index (κ3) is 2.84. The number of alkyl halides is 1. The van der Waals surface area contributed by atoms with E-state index >= 15 is 0 Å². The predicted molar refractivity (Wildman–Crippen MR) is 39.7 cm³/mol. The van der Waals surface area contributed by atoms with Crippen LogP contribution < -0.4 is 5.73 Å². The highest BCUT2D eigenvalue weighted by atomic mass is 19.1. The highest BCUT2D eigenvalue weighted by molar-refractivity contribution is 5.76. The Bertz CT molecular complexity index is 138. The van der Waals surface area contributed by atoms with Gasteiger partial charge in [0, 0.05) is 0 Å². The lowest BCUT2D eigenvalue weighted by Crippen LogP contribution is -2.42. The Morgan fingerprint density at radius 3 is 2.27 bits per heavy atom. The molecule has 2 unspecified atom stereocenters. The van der Waals surface area contributed by atoms with Crippen LogP contribution in [-0.4, -0.2) is 25.3 Å². The molecule has 0 aromatic rings. The van der Waals surface area contributed by atoms with Crippen molar-refractivity contribution >= 4 is 5.97 Å². The van der Waals surface area contributed by atoms with Gasteiger partial charge in [-0.15, -0.1) is 0 Å². The topological polar surface area (TPSA) is 52.3 Å². The molecule has 3 nitrogen and oxygen atoms in total. The summed E-state index contributed by atoms with van der Waals surface area (Å²) in [7, 11) is 1.19. The summed E-state index contributed by atoms with van der Waals surface area (Å²) in [4.78, 5) is 10.7. The Morgan fingerprint density at radius 2 is 2.00 bits per heavy atom. The van der Waals surface area contributed by atoms with Gasteiger partial charge < -0.3 is 10.5 Å². The SMILES string of the molecule is COC(=O)C(N)C(F)C(C)C. The average molecular weight is 163 g/mol. The van der Waals surface area contributed by atoms with E-state index in [2.05, 4.69) is 4.74 Å². The molecule has 0 fully saturated rings. The zero-order chi connectivity index (χ0) is 9.02. The van der Waals surface area contributed by atoms with Crippen molar-refractivity contribution in [3.63, 3.8) is 0 Å². The van der Waals surface area contributed by atoms with E-state index in [1.54, 1.807) is 13.8 Å². The molecule has 0 heterocycles. The van der Waals surface area contributed by atoms with Gasteiger partial charge in [-0.1, -0.05) is 13.8 Å². The van der Waals surface area contributed by atoms with E-state index in [0.717, 1.165) is 0 Å². The minimum absolute atomic E-state index is 0.260. The van der Waals surface area contributed by atoms with E-state index in [1.165, 1.54) is 7.11 Å². The van der Waals surface area contributed by atoms with Gasteiger partial charge in [0.2, 0.25) is 0 Å². The van der Waals surface area contributed by atoms with Crippen LogP contribution in [0.5, 0.6) is 0 Å². The van der Waals surface area contributed by atoms with Crippen LogP contribution in [0.15, 0.2) is 0 Å². The lowest BCUT2D eigenvalue weighted by molar-refractivity contribution is -0.144. The van der Waals surface area contributed by atoms with Crippen molar-refractivity contribution in [2.75, 3.05) is 7.11 Å². The molecule has 66 valence electrons. The Labute approximate surface area is 65.7 Å². The molecular weight excluding hydrogens is 149 g/mol. The summed E-state index contributed by atoms with van der Waals surface area (Å²) in [5.41, 5.74) is 5.22. The number of carbonyl (C=O) groups excluding carboxylic acids is 1. The summed E-state index contributed by atoms with van der Waals surface area (Å²) in [5, 5.41) is 0. The second kappa shape index (κ2) is 4.28. The largest absolute Gasteiger partial charge is 0.468 e. The molecular formula is C7H14FNO2. The number of halogens is 1. The zero-order valence-electron chi connectivity index (χ0n) is 7.00. The molecule has 0 aliphatic heterocycles. The standard InChI is InChI=1S/C7H14FNO2/c1-4(2)5(8)6(9)7(10)11-3/h4-6H,9H2,1-3H3. The lowest BCUT2D eigenvalue weighted by Gasteiger charge is -2.16. The quantitative estimate of drug-likeness (QED) is 0.616. The Kier molecular flexibility index (Phi) is 4.03. The Hall–Kier alpha value is -0.640. The molecule has 0 aliphatic carbocycles. The molecule has 0 aromatic heterocycles. The summed E-state index contributed by atoms with van der Waals surface area (Å²) in [5.74, 6) is -0.963. The number of nitrogens with two attached hydrogens (primary N) is 1. The van der Waals surface area contributed by atoms with E-state index < -0.39 is 18.2 Å². The van der Waals surface area contributed by atoms with Gasteiger partial charge in [-0.05, 0) is 5.92 Å². The molecule has 0 rings (SSSR count). The maximum Gasteiger partial charge on any atom is 0.325 e. The van der Waals surface area contributed by atoms with E-state index in [1.807, 2.05) is 0 Å². The first kappa shape index (κ1) is 10.4. The number of carbonyl (C=O) groups is 1. The third-order valence-corrected chi connectivity index (χ3v) is 1.45. The molecule has 0 aromatic carbocycles. The van der Waals surface area contributed by atoms with Gasteiger partial charge in [-0.3, -0.25) is 4.79 Å². The number of esters is 1. The van der Waals surface area contributed by atoms with Crippen LogP contribution in [0.3, 0.4) is 0 Å². The van der Waals surface area contributed by atoms with Crippen molar-refractivity contribution in [2.45, 2.75) is 26.1 Å². The molecule has 0 aliphatic rings. The first-order chi connectivity index (χ1) is 5.00. The fraction of sp³-hybridized carbons (Fsp3) is 0.857. The van der Waals surface area contributed by atoms with Crippen molar-refractivity contribution in [3.05, 3.63) is 0 Å². The van der Waals surface area contributed by atoms with Crippen LogP contribution in [0, 0.1) is 5.92 Å². The highest BCUT2D eigenvalue weighted by Gasteiger charge is 2.27. The average Bonchev–Trinajstić information content (AvgIpc) is 2.00. The number of ether oxygens (including phenoxy) is 1. The molecule has 0 saturated carbocycles. The molecule has 0 amide bonds. The third-order valence-electron chi connectivity index (χ3n) is 1.45. The Morgan fingerprint density at radius 1 is 1.55 bits per heavy atom. The van der Waals surface area contributed by atoms with Crippen molar-refractivity contribution in [3.8, 4) is 0 Å². The van der Waals surface area contributed by atoms with Crippen LogP contribution >= 0.6 is 0 Å².